The van der Waals surface area contributed by atoms with Crippen LogP contribution in [0.1, 0.15) is 27.0 Å². The summed E-state index contributed by atoms with van der Waals surface area (Å²) in [4.78, 5) is 13.7. The van der Waals surface area contributed by atoms with Gasteiger partial charge in [-0.1, -0.05) is 6.92 Å². The van der Waals surface area contributed by atoms with Crippen LogP contribution >= 0.6 is 11.3 Å². The number of aryl methyl sites for hydroxylation is 1. The number of hydrogen-bond acceptors (Lipinski definition) is 4. The van der Waals surface area contributed by atoms with Crippen molar-refractivity contribution in [1.82, 2.24) is 0 Å². The van der Waals surface area contributed by atoms with Gasteiger partial charge >= 0.3 is 5.97 Å². The maximum Gasteiger partial charge on any atom is 0.337 e. The van der Waals surface area contributed by atoms with Crippen LogP contribution in [0.3, 0.4) is 0 Å². The van der Waals surface area contributed by atoms with E-state index in [9.17, 15) is 9.90 Å². The normalized spacial score (nSPS) is 10.3. The van der Waals surface area contributed by atoms with Crippen LogP contribution in [-0.4, -0.2) is 18.2 Å². The van der Waals surface area contributed by atoms with Crippen molar-refractivity contribution in [3.8, 4) is 5.75 Å². The minimum absolute atomic E-state index is 0.248. The van der Waals surface area contributed by atoms with Gasteiger partial charge in [0.05, 0.1) is 18.4 Å². The molecule has 2 aromatic rings. The van der Waals surface area contributed by atoms with E-state index in [2.05, 4.69) is 24.4 Å². The number of methoxy groups -OCH3 is 1. The Morgan fingerprint density at radius 2 is 2.05 bits per heavy atom. The molecular formula is C15H17NO3S. The van der Waals surface area contributed by atoms with E-state index in [-0.39, 0.29) is 5.56 Å². The fourth-order valence-corrected chi connectivity index (χ4v) is 2.77. The van der Waals surface area contributed by atoms with E-state index in [1.807, 2.05) is 0 Å². The molecule has 0 aliphatic rings. The molecule has 20 heavy (non-hydrogen) atoms. The summed E-state index contributed by atoms with van der Waals surface area (Å²) in [6.45, 7) is 2.73. The van der Waals surface area contributed by atoms with Gasteiger partial charge in [0, 0.05) is 22.4 Å². The number of carboxylic acids is 1. The smallest absolute Gasteiger partial charge is 0.337 e. The number of nitrogens with one attached hydrogen (secondary N) is 1. The highest BCUT2D eigenvalue weighted by Crippen LogP contribution is 2.24. The Morgan fingerprint density at radius 1 is 1.30 bits per heavy atom. The van der Waals surface area contributed by atoms with E-state index in [4.69, 9.17) is 4.74 Å². The highest BCUT2D eigenvalue weighted by atomic mass is 32.1. The van der Waals surface area contributed by atoms with E-state index < -0.39 is 5.97 Å². The summed E-state index contributed by atoms with van der Waals surface area (Å²) >= 11 is 1.74. The summed E-state index contributed by atoms with van der Waals surface area (Å²) < 4.78 is 5.13. The van der Waals surface area contributed by atoms with Crippen molar-refractivity contribution in [1.29, 1.82) is 0 Å². The van der Waals surface area contributed by atoms with Crippen molar-refractivity contribution < 1.29 is 14.6 Å². The fraction of sp³-hybridized carbons (Fsp3) is 0.267. The Kier molecular flexibility index (Phi) is 4.63. The molecule has 106 valence electrons. The summed E-state index contributed by atoms with van der Waals surface area (Å²) in [6, 6.07) is 9.07. The molecule has 5 heteroatoms. The lowest BCUT2D eigenvalue weighted by molar-refractivity contribution is 0.0698. The van der Waals surface area contributed by atoms with Crippen LogP contribution < -0.4 is 10.1 Å². The van der Waals surface area contributed by atoms with Crippen LogP contribution in [-0.2, 0) is 13.0 Å². The maximum absolute atomic E-state index is 11.2. The molecule has 0 saturated carbocycles. The molecule has 0 aliphatic heterocycles. The van der Waals surface area contributed by atoms with Gasteiger partial charge in [-0.25, -0.2) is 4.79 Å². The highest BCUT2D eigenvalue weighted by molar-refractivity contribution is 7.12. The second-order valence-electron chi connectivity index (χ2n) is 4.29. The van der Waals surface area contributed by atoms with Crippen molar-refractivity contribution in [2.75, 3.05) is 12.4 Å². The molecular weight excluding hydrogens is 274 g/mol. The molecule has 4 nitrogen and oxygen atoms in total. The third-order valence-electron chi connectivity index (χ3n) is 2.98. The second kappa shape index (κ2) is 6.43. The van der Waals surface area contributed by atoms with Crippen molar-refractivity contribution in [3.05, 3.63) is 45.6 Å². The zero-order valence-electron chi connectivity index (χ0n) is 11.5. The first kappa shape index (κ1) is 14.4. The Morgan fingerprint density at radius 3 is 2.65 bits per heavy atom. The van der Waals surface area contributed by atoms with Gasteiger partial charge in [0.1, 0.15) is 5.75 Å². The van der Waals surface area contributed by atoms with Crippen molar-refractivity contribution >= 4 is 23.0 Å². The lowest BCUT2D eigenvalue weighted by Crippen LogP contribution is -2.06. The van der Waals surface area contributed by atoms with Crippen LogP contribution in [0.25, 0.3) is 0 Å². The van der Waals surface area contributed by atoms with Gasteiger partial charge in [-0.15, -0.1) is 11.3 Å². The number of ether oxygens (including phenoxy) is 1. The number of anilines is 1. The van der Waals surface area contributed by atoms with Gasteiger partial charge in [0.15, 0.2) is 0 Å². The Hall–Kier alpha value is -2.01. The Bertz CT molecular complexity index is 607. The zero-order valence-corrected chi connectivity index (χ0v) is 12.3. The van der Waals surface area contributed by atoms with Gasteiger partial charge in [0.25, 0.3) is 0 Å². The molecule has 0 saturated heterocycles. The quantitative estimate of drug-likeness (QED) is 0.853. The topological polar surface area (TPSA) is 58.6 Å². The third-order valence-corrected chi connectivity index (χ3v) is 4.21. The monoisotopic (exact) mass is 291 g/mol. The number of rotatable bonds is 6. The predicted octanol–water partition coefficient (Wildman–Crippen LogP) is 3.63. The highest BCUT2D eigenvalue weighted by Gasteiger charge is 2.11. The minimum atomic E-state index is -0.949. The number of aromatic carboxylic acids is 1. The molecule has 0 atom stereocenters. The number of thiophene rings is 1. The van der Waals surface area contributed by atoms with Gasteiger partial charge < -0.3 is 15.2 Å². The third kappa shape index (κ3) is 3.30. The Labute approximate surface area is 122 Å². The van der Waals surface area contributed by atoms with Gasteiger partial charge in [-0.3, -0.25) is 0 Å². The first-order valence-corrected chi connectivity index (χ1v) is 7.18. The van der Waals surface area contributed by atoms with Crippen molar-refractivity contribution in [2.24, 2.45) is 0 Å². The molecule has 2 N–H and O–H groups in total. The predicted molar refractivity (Wildman–Crippen MR) is 81.0 cm³/mol. The summed E-state index contributed by atoms with van der Waals surface area (Å²) in [5.74, 6) is -0.312. The summed E-state index contributed by atoms with van der Waals surface area (Å²) in [5.41, 5.74) is 0.821. The molecule has 1 aromatic carbocycles. The summed E-state index contributed by atoms with van der Waals surface area (Å²) in [6.07, 6.45) is 1.02. The lowest BCUT2D eigenvalue weighted by Gasteiger charge is -2.10. The van der Waals surface area contributed by atoms with Crippen LogP contribution in [0.5, 0.6) is 5.75 Å². The van der Waals surface area contributed by atoms with Crippen molar-refractivity contribution in [3.63, 3.8) is 0 Å². The standard InChI is InChI=1S/C15H17NO3S/c1-3-11-5-6-12(20-11)9-16-14-8-10(19-2)4-7-13(14)15(17)18/h4-8,16H,3,9H2,1-2H3,(H,17,18). The number of carbonyl (C=O) groups is 1. The number of benzene rings is 1. The Balaban J connectivity index is 2.16. The second-order valence-corrected chi connectivity index (χ2v) is 5.54. The fourth-order valence-electron chi connectivity index (χ4n) is 1.87. The van der Waals surface area contributed by atoms with E-state index in [0.717, 1.165) is 6.42 Å². The minimum Gasteiger partial charge on any atom is -0.497 e. The largest absolute Gasteiger partial charge is 0.497 e. The van der Waals surface area contributed by atoms with Crippen LogP contribution in [0, 0.1) is 0 Å². The number of carboxylic acid groups (broad SMARTS) is 1. The lowest BCUT2D eigenvalue weighted by atomic mass is 10.1. The van der Waals surface area contributed by atoms with Crippen LogP contribution in [0.2, 0.25) is 0 Å². The molecule has 0 aliphatic carbocycles. The van der Waals surface area contributed by atoms with Gasteiger partial charge in [0.2, 0.25) is 0 Å². The van der Waals surface area contributed by atoms with Gasteiger partial charge in [-0.05, 0) is 30.7 Å². The van der Waals surface area contributed by atoms with Crippen LogP contribution in [0.15, 0.2) is 30.3 Å². The summed E-state index contributed by atoms with van der Waals surface area (Å²) in [5, 5.41) is 12.4. The first-order chi connectivity index (χ1) is 9.63. The molecule has 0 radical (unpaired) electrons. The van der Waals surface area contributed by atoms with E-state index in [1.165, 1.54) is 9.75 Å². The van der Waals surface area contributed by atoms with Crippen LogP contribution in [0.4, 0.5) is 5.69 Å². The SMILES string of the molecule is CCc1ccc(CNc2cc(OC)ccc2C(=O)O)s1. The molecule has 1 heterocycles. The maximum atomic E-state index is 11.2. The zero-order chi connectivity index (χ0) is 14.5. The molecule has 0 bridgehead atoms. The molecule has 2 rings (SSSR count). The van der Waals surface area contributed by atoms with E-state index in [0.29, 0.717) is 18.0 Å². The average Bonchev–Trinajstić information content (AvgIpc) is 2.92. The van der Waals surface area contributed by atoms with Crippen molar-refractivity contribution in [2.45, 2.75) is 19.9 Å². The van der Waals surface area contributed by atoms with Gasteiger partial charge in [-0.2, -0.15) is 0 Å². The van der Waals surface area contributed by atoms with E-state index in [1.54, 1.807) is 36.6 Å². The number of hydrogen-bond donors (Lipinski definition) is 2. The molecule has 0 unspecified atom stereocenters. The first-order valence-electron chi connectivity index (χ1n) is 6.36. The molecule has 1 aromatic heterocycles. The molecule has 0 fully saturated rings. The average molecular weight is 291 g/mol. The van der Waals surface area contributed by atoms with E-state index >= 15 is 0 Å². The molecule has 0 amide bonds. The summed E-state index contributed by atoms with van der Waals surface area (Å²) in [7, 11) is 1.56. The molecule has 0 spiro atoms.